The number of hydrogen-bond donors (Lipinski definition) is 1. The highest BCUT2D eigenvalue weighted by molar-refractivity contribution is 7.11. The van der Waals surface area contributed by atoms with E-state index in [1.807, 2.05) is 6.92 Å². The molecule has 4 nitrogen and oxygen atoms in total. The molecule has 0 radical (unpaired) electrons. The van der Waals surface area contributed by atoms with Crippen molar-refractivity contribution >= 4 is 28.1 Å². The van der Waals surface area contributed by atoms with Crippen molar-refractivity contribution in [1.29, 1.82) is 0 Å². The molecule has 0 atom stereocenters. The summed E-state index contributed by atoms with van der Waals surface area (Å²) in [6, 6.07) is 4.55. The molecule has 3 aromatic rings. The molecular weight excluding hydrogens is 301 g/mol. The average molecular weight is 312 g/mol. The number of aryl methyl sites for hydroxylation is 1. The minimum atomic E-state index is -4.53. The van der Waals surface area contributed by atoms with Gasteiger partial charge in [-0.3, -0.25) is 0 Å². The Labute approximate surface area is 122 Å². The largest absolute Gasteiger partial charge is 0.449 e. The van der Waals surface area contributed by atoms with E-state index in [4.69, 9.17) is 5.73 Å². The van der Waals surface area contributed by atoms with Crippen LogP contribution < -0.4 is 5.73 Å². The molecule has 21 heavy (non-hydrogen) atoms. The van der Waals surface area contributed by atoms with Crippen molar-refractivity contribution in [2.45, 2.75) is 19.6 Å². The van der Waals surface area contributed by atoms with Crippen LogP contribution in [-0.4, -0.2) is 14.5 Å². The molecule has 0 fully saturated rings. The normalized spacial score (nSPS) is 12.2. The van der Waals surface area contributed by atoms with Gasteiger partial charge in [0.05, 0.1) is 17.6 Å². The van der Waals surface area contributed by atoms with Crippen molar-refractivity contribution in [3.8, 4) is 0 Å². The van der Waals surface area contributed by atoms with Crippen molar-refractivity contribution in [3.63, 3.8) is 0 Å². The van der Waals surface area contributed by atoms with Gasteiger partial charge in [-0.1, -0.05) is 0 Å². The van der Waals surface area contributed by atoms with Crippen LogP contribution in [0.15, 0.2) is 24.4 Å². The number of fused-ring (bicyclic) bond motifs is 1. The van der Waals surface area contributed by atoms with Crippen molar-refractivity contribution in [2.24, 2.45) is 0 Å². The quantitative estimate of drug-likeness (QED) is 0.737. The van der Waals surface area contributed by atoms with Crippen LogP contribution in [0.5, 0.6) is 0 Å². The number of alkyl halides is 3. The van der Waals surface area contributed by atoms with Crippen LogP contribution in [0.2, 0.25) is 0 Å². The Hall–Kier alpha value is -2.09. The molecule has 110 valence electrons. The second-order valence-electron chi connectivity index (χ2n) is 4.63. The van der Waals surface area contributed by atoms with E-state index in [1.54, 1.807) is 18.3 Å². The molecule has 1 aromatic carbocycles. The lowest BCUT2D eigenvalue weighted by Gasteiger charge is -2.09. The van der Waals surface area contributed by atoms with Crippen LogP contribution in [0.4, 0.5) is 18.9 Å². The minimum Gasteiger partial charge on any atom is -0.399 e. The molecule has 0 bridgehead atoms. The van der Waals surface area contributed by atoms with Gasteiger partial charge in [0.2, 0.25) is 5.82 Å². The first-order valence-electron chi connectivity index (χ1n) is 6.09. The molecule has 0 aliphatic heterocycles. The summed E-state index contributed by atoms with van der Waals surface area (Å²) in [6.07, 6.45) is -2.88. The maximum Gasteiger partial charge on any atom is 0.449 e. The van der Waals surface area contributed by atoms with Gasteiger partial charge in [-0.15, -0.1) is 11.3 Å². The predicted octanol–water partition coefficient (Wildman–Crippen LogP) is 3.45. The molecule has 0 aliphatic carbocycles. The Morgan fingerprint density at radius 3 is 2.71 bits per heavy atom. The highest BCUT2D eigenvalue weighted by Crippen LogP contribution is 2.32. The highest BCUT2D eigenvalue weighted by Gasteiger charge is 2.37. The van der Waals surface area contributed by atoms with E-state index in [2.05, 4.69) is 9.97 Å². The molecule has 0 unspecified atom stereocenters. The van der Waals surface area contributed by atoms with Crippen LogP contribution in [0.25, 0.3) is 11.0 Å². The Bertz CT molecular complexity index is 803. The highest BCUT2D eigenvalue weighted by atomic mass is 32.1. The third kappa shape index (κ3) is 2.58. The zero-order chi connectivity index (χ0) is 15.2. The summed E-state index contributed by atoms with van der Waals surface area (Å²) in [6.45, 7) is 1.90. The van der Waals surface area contributed by atoms with Crippen molar-refractivity contribution in [2.75, 3.05) is 5.73 Å². The summed E-state index contributed by atoms with van der Waals surface area (Å²) in [5, 5.41) is 0.606. The summed E-state index contributed by atoms with van der Waals surface area (Å²) in [7, 11) is 0. The second-order valence-corrected chi connectivity index (χ2v) is 5.95. The first-order valence-corrected chi connectivity index (χ1v) is 6.90. The van der Waals surface area contributed by atoms with Gasteiger partial charge in [0, 0.05) is 16.8 Å². The topological polar surface area (TPSA) is 56.7 Å². The zero-order valence-corrected chi connectivity index (χ0v) is 11.8. The molecule has 0 amide bonds. The van der Waals surface area contributed by atoms with Gasteiger partial charge in [-0.05, 0) is 25.1 Å². The number of hydrogen-bond acceptors (Lipinski definition) is 4. The fraction of sp³-hybridized carbons (Fsp3) is 0.231. The van der Waals surface area contributed by atoms with E-state index in [0.29, 0.717) is 16.2 Å². The lowest BCUT2D eigenvalue weighted by atomic mass is 10.3. The molecular formula is C13H11F3N4S. The fourth-order valence-electron chi connectivity index (χ4n) is 2.13. The van der Waals surface area contributed by atoms with Crippen molar-refractivity contribution in [3.05, 3.63) is 40.1 Å². The van der Waals surface area contributed by atoms with Crippen molar-refractivity contribution in [1.82, 2.24) is 14.5 Å². The van der Waals surface area contributed by atoms with Crippen LogP contribution in [0.3, 0.4) is 0 Å². The molecule has 3 rings (SSSR count). The second kappa shape index (κ2) is 4.73. The van der Waals surface area contributed by atoms with E-state index in [1.165, 1.54) is 17.4 Å². The standard InChI is InChI=1S/C13H11F3N4S/c1-7-5-18-11(21-7)6-20-10-3-2-8(17)4-9(10)19-12(20)13(14,15)16/h2-5H,6,17H2,1H3. The summed E-state index contributed by atoms with van der Waals surface area (Å²) in [5.74, 6) is -0.934. The van der Waals surface area contributed by atoms with Gasteiger partial charge < -0.3 is 10.3 Å². The predicted molar refractivity (Wildman–Crippen MR) is 75.1 cm³/mol. The van der Waals surface area contributed by atoms with Gasteiger partial charge in [0.25, 0.3) is 0 Å². The summed E-state index contributed by atoms with van der Waals surface area (Å²) in [5.41, 5.74) is 6.61. The number of benzene rings is 1. The summed E-state index contributed by atoms with van der Waals surface area (Å²) >= 11 is 1.37. The number of anilines is 1. The maximum atomic E-state index is 13.2. The Morgan fingerprint density at radius 2 is 2.10 bits per heavy atom. The third-order valence-corrected chi connectivity index (χ3v) is 3.89. The molecule has 2 heterocycles. The first kappa shape index (κ1) is 13.9. The minimum absolute atomic E-state index is 0.0355. The number of rotatable bonds is 2. The number of aromatic nitrogens is 3. The molecule has 0 spiro atoms. The van der Waals surface area contributed by atoms with Gasteiger partial charge in [0.1, 0.15) is 5.01 Å². The fourth-order valence-corrected chi connectivity index (χ4v) is 2.91. The number of nitrogens with zero attached hydrogens (tertiary/aromatic N) is 3. The number of nitrogens with two attached hydrogens (primary N) is 1. The number of thiazole rings is 1. The molecule has 8 heteroatoms. The van der Waals surface area contributed by atoms with Crippen LogP contribution >= 0.6 is 11.3 Å². The molecule has 2 aromatic heterocycles. The van der Waals surface area contributed by atoms with Gasteiger partial charge in [-0.25, -0.2) is 9.97 Å². The Kier molecular flexibility index (Phi) is 3.12. The van der Waals surface area contributed by atoms with Gasteiger partial charge in [0.15, 0.2) is 0 Å². The van der Waals surface area contributed by atoms with Gasteiger partial charge in [-0.2, -0.15) is 13.2 Å². The van der Waals surface area contributed by atoms with Crippen LogP contribution in [-0.2, 0) is 12.7 Å². The number of nitrogen functional groups attached to an aromatic ring is 1. The summed E-state index contributed by atoms with van der Waals surface area (Å²) < 4.78 is 40.6. The number of halogens is 3. The lowest BCUT2D eigenvalue weighted by molar-refractivity contribution is -0.146. The number of imidazole rings is 1. The smallest absolute Gasteiger partial charge is 0.399 e. The monoisotopic (exact) mass is 312 g/mol. The van der Waals surface area contributed by atoms with Crippen LogP contribution in [0.1, 0.15) is 15.7 Å². The third-order valence-electron chi connectivity index (χ3n) is 2.99. The van der Waals surface area contributed by atoms with E-state index in [0.717, 1.165) is 9.44 Å². The average Bonchev–Trinajstić information content (AvgIpc) is 2.93. The van der Waals surface area contributed by atoms with Crippen LogP contribution in [0, 0.1) is 6.92 Å². The van der Waals surface area contributed by atoms with E-state index in [9.17, 15) is 13.2 Å². The van der Waals surface area contributed by atoms with E-state index < -0.39 is 12.0 Å². The first-order chi connectivity index (χ1) is 9.84. The SMILES string of the molecule is Cc1cnc(Cn2c(C(F)(F)F)nc3cc(N)ccc32)s1. The zero-order valence-electron chi connectivity index (χ0n) is 11.0. The Balaban J connectivity index is 2.17. The molecule has 2 N–H and O–H groups in total. The van der Waals surface area contributed by atoms with E-state index in [-0.39, 0.29) is 12.1 Å². The summed E-state index contributed by atoms with van der Waals surface area (Å²) in [4.78, 5) is 8.75. The molecule has 0 saturated carbocycles. The lowest BCUT2D eigenvalue weighted by Crippen LogP contribution is -2.15. The molecule has 0 aliphatic rings. The van der Waals surface area contributed by atoms with Gasteiger partial charge >= 0.3 is 6.18 Å². The maximum absolute atomic E-state index is 13.2. The molecule has 0 saturated heterocycles. The van der Waals surface area contributed by atoms with Crippen molar-refractivity contribution < 1.29 is 13.2 Å². The van der Waals surface area contributed by atoms with E-state index >= 15 is 0 Å². The Morgan fingerprint density at radius 1 is 1.33 bits per heavy atom.